The van der Waals surface area contributed by atoms with Crippen LogP contribution in [-0.2, 0) is 110 Å². The lowest BCUT2D eigenvalue weighted by Crippen LogP contribution is -2.51. The summed E-state index contributed by atoms with van der Waals surface area (Å²) in [5, 5.41) is 84.5. The Kier molecular flexibility index (Phi) is 38.7. The zero-order valence-corrected chi connectivity index (χ0v) is 69.5. The summed E-state index contributed by atoms with van der Waals surface area (Å²) in [6, 6.07) is 14.5. The number of nitrogens with one attached hydrogen (secondary N) is 6. The zero-order chi connectivity index (χ0) is 87.6. The standard InChI is InChI=1S/C82H114N10O25S2/c1-81(2)61-49-59(118(110,111)112)26-29-65(61)89(5)69(81)18-9-6-10-19-70-82(3,4)62-50-60(119(113,114)115)27-30-66(62)92(70)40-16-8-12-21-72(96)85-38-43-116-45-46-117-44-39-86-74(98)34-25-56-23-32-68(94)58(48-56)52-91(54-77(103)104)42-41-90(53-76(101)102)51-57-47-55(22-31-67(57)93)24-33-73(97)84-36-14-7-11-20-71(95)83-37-15-13-17-63(78(105)106)87-80(109)88-64(79(107)108)28-35-75(99)100/h6,9-10,18-19,22-23,26-27,29-32,47-50,63-64,70,93-94H,7-8,11-17,20-21,24-25,28,33-46,51-54H2,1-5H3,(H,83,95)(H,84,97)(H,85,96)(H,86,98)(H,99,100)(H,101,102)(H,103,104)(H,105,106)(H,107,108)(H2,87,88,109)(H,110,111,112)(H,113,114,115)/b9-6+,19-10+,69-18+. The number of phenolic OH excluding ortho intramolecular Hbond substituents is 2. The number of aromatic hydroxyl groups is 2. The van der Waals surface area contributed by atoms with Crippen LogP contribution in [-0.4, -0.2) is 241 Å². The maximum atomic E-state index is 12.9. The summed E-state index contributed by atoms with van der Waals surface area (Å²) < 4.78 is 79.2. The minimum atomic E-state index is -4.47. The van der Waals surface area contributed by atoms with Gasteiger partial charge in [-0.05, 0) is 141 Å². The van der Waals surface area contributed by atoms with Gasteiger partial charge in [-0.15, -0.1) is 0 Å². The number of carboxylic acid groups (broad SMARTS) is 5. The van der Waals surface area contributed by atoms with Crippen molar-refractivity contribution in [1.29, 1.82) is 0 Å². The predicted octanol–water partition coefficient (Wildman–Crippen LogP) is 6.38. The van der Waals surface area contributed by atoms with E-state index in [1.807, 2.05) is 70.0 Å². The monoisotopic (exact) mass is 1700 g/mol. The first kappa shape index (κ1) is 97.3. The van der Waals surface area contributed by atoms with E-state index in [0.717, 1.165) is 41.0 Å². The van der Waals surface area contributed by atoms with Gasteiger partial charge in [-0.2, -0.15) is 16.8 Å². The molecule has 0 aromatic heterocycles. The number of anilines is 2. The van der Waals surface area contributed by atoms with E-state index < -0.39 is 105 Å². The lowest BCUT2D eigenvalue weighted by Gasteiger charge is -2.32. The van der Waals surface area contributed by atoms with Crippen molar-refractivity contribution in [2.75, 3.05) is 102 Å². The second kappa shape index (κ2) is 47.3. The average Bonchev–Trinajstić information content (AvgIpc) is 1.59. The van der Waals surface area contributed by atoms with E-state index in [-0.39, 0.29) is 168 Å². The molecule has 6 rings (SSSR count). The molecule has 2 aliphatic heterocycles. The van der Waals surface area contributed by atoms with Crippen molar-refractivity contribution in [3.63, 3.8) is 0 Å². The summed E-state index contributed by atoms with van der Waals surface area (Å²) in [5.41, 5.74) is 5.03. The van der Waals surface area contributed by atoms with Gasteiger partial charge in [0.05, 0.1) is 55.3 Å². The van der Waals surface area contributed by atoms with E-state index in [4.69, 9.17) is 14.6 Å². The van der Waals surface area contributed by atoms with Gasteiger partial charge in [0.1, 0.15) is 23.6 Å². The second-order valence-corrected chi connectivity index (χ2v) is 33.2. The van der Waals surface area contributed by atoms with E-state index in [1.54, 1.807) is 36.4 Å². The number of carbonyl (C=O) groups is 10. The van der Waals surface area contributed by atoms with E-state index in [2.05, 4.69) is 36.8 Å². The molecule has 0 spiro atoms. The van der Waals surface area contributed by atoms with Crippen LogP contribution < -0.4 is 41.7 Å². The summed E-state index contributed by atoms with van der Waals surface area (Å²) >= 11 is 0. The van der Waals surface area contributed by atoms with Crippen molar-refractivity contribution in [2.45, 2.75) is 189 Å². The number of phenols is 2. The number of allylic oxidation sites excluding steroid dienone is 5. The van der Waals surface area contributed by atoms with Crippen LogP contribution in [0.4, 0.5) is 16.2 Å². The molecule has 35 nitrogen and oxygen atoms in total. The third-order valence-electron chi connectivity index (χ3n) is 20.5. The second-order valence-electron chi connectivity index (χ2n) is 30.4. The normalized spacial score (nSPS) is 15.1. The number of rotatable bonds is 55. The number of carboxylic acids is 5. The molecule has 654 valence electrons. The Bertz CT molecular complexity index is 4510. The van der Waals surface area contributed by atoms with Crippen LogP contribution in [0.5, 0.6) is 11.5 Å². The SMILES string of the molecule is CN1/C(=C/C=C/C=C/C2N(CCCCCC(=O)NCCOCCOCCNC(=O)CCc3ccc(O)c(CN(CCN(CC(=O)O)Cc4cc(CCC(=O)NCCCCCC(=O)NCCCCC(NC(=O)NC(CCC(=O)O)C(=O)O)C(=O)O)ccc4O)CC(=O)O)c3)c3ccc(S(=O)(=O)O)cc3C2(C)C)C(C)(C)c2cc(S(=O)(=O)O)ccc21. The maximum Gasteiger partial charge on any atom is 0.326 e. The van der Waals surface area contributed by atoms with Crippen molar-refractivity contribution >= 4 is 91.1 Å². The van der Waals surface area contributed by atoms with E-state index in [0.29, 0.717) is 73.9 Å². The number of nitrogens with zero attached hydrogens (tertiary/aromatic N) is 4. The van der Waals surface area contributed by atoms with Gasteiger partial charge in [-0.1, -0.05) is 89.1 Å². The zero-order valence-electron chi connectivity index (χ0n) is 67.8. The van der Waals surface area contributed by atoms with Gasteiger partial charge in [-0.3, -0.25) is 52.5 Å². The van der Waals surface area contributed by atoms with E-state index in [9.17, 15) is 105 Å². The van der Waals surface area contributed by atoms with Gasteiger partial charge >= 0.3 is 35.9 Å². The summed E-state index contributed by atoms with van der Waals surface area (Å²) in [6.07, 6.45) is 14.5. The van der Waals surface area contributed by atoms with Crippen molar-refractivity contribution in [3.05, 3.63) is 142 Å². The Morgan fingerprint density at radius 2 is 0.966 bits per heavy atom. The number of urea groups is 1. The fourth-order valence-corrected chi connectivity index (χ4v) is 15.1. The predicted molar refractivity (Wildman–Crippen MR) is 439 cm³/mol. The topological polar surface area (TPSA) is 525 Å². The Hall–Kier alpha value is -10.5. The largest absolute Gasteiger partial charge is 0.508 e. The van der Waals surface area contributed by atoms with Crippen LogP contribution >= 0.6 is 0 Å². The van der Waals surface area contributed by atoms with Crippen LogP contribution in [0.3, 0.4) is 0 Å². The van der Waals surface area contributed by atoms with Crippen molar-refractivity contribution in [3.8, 4) is 11.5 Å². The number of aryl methyl sites for hydroxylation is 2. The number of hydrogen-bond donors (Lipinski definition) is 15. The molecular formula is C82H114N10O25S2. The molecule has 119 heavy (non-hydrogen) atoms. The molecule has 37 heteroatoms. The highest BCUT2D eigenvalue weighted by Gasteiger charge is 2.44. The smallest absolute Gasteiger partial charge is 0.326 e. The molecule has 0 fully saturated rings. The van der Waals surface area contributed by atoms with Gasteiger partial charge < -0.3 is 86.9 Å². The van der Waals surface area contributed by atoms with Gasteiger partial charge in [0, 0.05) is 137 Å². The highest BCUT2D eigenvalue weighted by atomic mass is 32.2. The average molecular weight is 1700 g/mol. The third kappa shape index (κ3) is 32.6. The highest BCUT2D eigenvalue weighted by molar-refractivity contribution is 7.86. The Balaban J connectivity index is 0.825. The maximum absolute atomic E-state index is 12.9. The van der Waals surface area contributed by atoms with Gasteiger partial charge in [0.25, 0.3) is 20.2 Å². The fourth-order valence-electron chi connectivity index (χ4n) is 14.1. The first-order chi connectivity index (χ1) is 56.2. The minimum absolute atomic E-state index is 0.0236. The number of amides is 6. The van der Waals surface area contributed by atoms with Crippen LogP contribution in [0.1, 0.15) is 157 Å². The molecular weight excluding hydrogens is 1590 g/mol. The molecule has 4 aromatic carbocycles. The molecule has 3 unspecified atom stereocenters. The van der Waals surface area contributed by atoms with Crippen LogP contribution in [0.2, 0.25) is 0 Å². The van der Waals surface area contributed by atoms with Gasteiger partial charge in [-0.25, -0.2) is 14.4 Å². The number of hydrogen-bond acceptors (Lipinski definition) is 22. The molecule has 2 heterocycles. The molecule has 0 aliphatic carbocycles. The molecule has 2 aliphatic rings. The molecule has 6 amide bonds. The van der Waals surface area contributed by atoms with Gasteiger partial charge in [0.15, 0.2) is 0 Å². The fraction of sp³-hybridized carbons (Fsp3) is 0.512. The number of likely N-dealkylation sites (N-methyl/N-ethyl adjacent to an activating group) is 1. The summed E-state index contributed by atoms with van der Waals surface area (Å²) in [6.45, 7) is 9.62. The summed E-state index contributed by atoms with van der Waals surface area (Å²) in [7, 11) is -6.98. The lowest BCUT2D eigenvalue weighted by atomic mass is 9.80. The number of carbonyl (C=O) groups excluding carboxylic acids is 5. The first-order valence-electron chi connectivity index (χ1n) is 39.5. The van der Waals surface area contributed by atoms with E-state index in [1.165, 1.54) is 46.2 Å². The van der Waals surface area contributed by atoms with Gasteiger partial charge in [0.2, 0.25) is 23.6 Å². The third-order valence-corrected chi connectivity index (χ3v) is 22.2. The lowest BCUT2D eigenvalue weighted by molar-refractivity contribution is -0.141. The number of ether oxygens (including phenoxy) is 2. The Labute approximate surface area is 693 Å². The quantitative estimate of drug-likeness (QED) is 0.0129. The van der Waals surface area contributed by atoms with Crippen molar-refractivity contribution in [1.82, 2.24) is 41.7 Å². The van der Waals surface area contributed by atoms with Crippen molar-refractivity contribution < 1.29 is 119 Å². The highest BCUT2D eigenvalue weighted by Crippen LogP contribution is 2.49. The van der Waals surface area contributed by atoms with E-state index >= 15 is 0 Å². The molecule has 0 bridgehead atoms. The van der Waals surface area contributed by atoms with Crippen molar-refractivity contribution in [2.24, 2.45) is 0 Å². The van der Waals surface area contributed by atoms with Crippen LogP contribution in [0, 0.1) is 0 Å². The molecule has 4 aromatic rings. The Morgan fingerprint density at radius 1 is 0.504 bits per heavy atom. The van der Waals surface area contributed by atoms with Crippen LogP contribution in [0.15, 0.2) is 119 Å². The van der Waals surface area contributed by atoms with Crippen LogP contribution in [0.25, 0.3) is 0 Å². The molecule has 0 radical (unpaired) electrons. The Morgan fingerprint density at radius 3 is 1.45 bits per heavy atom. The first-order valence-corrected chi connectivity index (χ1v) is 42.4. The molecule has 15 N–H and O–H groups in total. The number of aliphatic carboxylic acids is 5. The minimum Gasteiger partial charge on any atom is -0.508 e. The molecule has 0 saturated carbocycles. The molecule has 0 saturated heterocycles. The summed E-state index contributed by atoms with van der Waals surface area (Å²) in [4.78, 5) is 128. The molecule has 3 atom stereocenters. The number of benzene rings is 4. The number of fused-ring (bicyclic) bond motifs is 2. The summed E-state index contributed by atoms with van der Waals surface area (Å²) in [5.74, 6) is -7.56. The number of unbranched alkanes of at least 4 members (excludes halogenated alkanes) is 5.